The van der Waals surface area contributed by atoms with E-state index in [2.05, 4.69) is 48.5 Å². The van der Waals surface area contributed by atoms with E-state index in [1.807, 2.05) is 0 Å². The van der Waals surface area contributed by atoms with Crippen molar-refractivity contribution in [1.82, 2.24) is 20.8 Å². The van der Waals surface area contributed by atoms with Gasteiger partial charge in [-0.25, -0.2) is 0 Å². The average molecular weight is 266 g/mol. The van der Waals surface area contributed by atoms with Gasteiger partial charge in [0, 0.05) is 23.2 Å². The number of H-pyrrole nitrogens is 2. The number of carbonyl (C=O) groups excluding carboxylic acids is 1. The minimum atomic E-state index is -0.295. The molecular weight excluding hydrogens is 244 g/mol. The summed E-state index contributed by atoms with van der Waals surface area (Å²) in [5.74, 6) is -0.239. The molecule has 6 heteroatoms. The Bertz CT molecular complexity index is 511. The van der Waals surface area contributed by atoms with Gasteiger partial charge in [0.1, 0.15) is 5.69 Å². The molecule has 6 nitrogen and oxygen atoms in total. The minimum absolute atomic E-state index is 0.0226. The first-order valence-electron chi connectivity index (χ1n) is 6.55. The zero-order valence-corrected chi connectivity index (χ0v) is 11.9. The molecule has 1 amide bonds. The molecular formula is C13H22N4O2. The third kappa shape index (κ3) is 3.47. The molecule has 4 N–H and O–H groups in total. The molecule has 0 aliphatic carbocycles. The molecule has 1 saturated heterocycles. The van der Waals surface area contributed by atoms with Crippen LogP contribution in [0.3, 0.4) is 0 Å². The van der Waals surface area contributed by atoms with Crippen LogP contribution in [0, 0.1) is 0 Å². The van der Waals surface area contributed by atoms with E-state index in [-0.39, 0.29) is 34.3 Å². The molecule has 0 radical (unpaired) electrons. The Morgan fingerprint density at radius 3 is 2.26 bits per heavy atom. The van der Waals surface area contributed by atoms with Gasteiger partial charge in [0.15, 0.2) is 0 Å². The lowest BCUT2D eigenvalue weighted by Gasteiger charge is -2.46. The van der Waals surface area contributed by atoms with Gasteiger partial charge in [-0.1, -0.05) is 0 Å². The lowest BCUT2D eigenvalue weighted by molar-refractivity contribution is 0.0868. The molecule has 0 bridgehead atoms. The van der Waals surface area contributed by atoms with E-state index in [0.29, 0.717) is 0 Å². The number of rotatable bonds is 2. The molecule has 1 aliphatic rings. The summed E-state index contributed by atoms with van der Waals surface area (Å²) in [6, 6.07) is 1.37. The SMILES string of the molecule is CC1(C)CC(NC(=O)c2cc(=O)[nH][nH]2)CC(C)(C)N1. The van der Waals surface area contributed by atoms with Crippen LogP contribution in [0.15, 0.2) is 10.9 Å². The van der Waals surface area contributed by atoms with Crippen molar-refractivity contribution in [2.75, 3.05) is 0 Å². The van der Waals surface area contributed by atoms with Crippen LogP contribution in [0.5, 0.6) is 0 Å². The van der Waals surface area contributed by atoms with Crippen LogP contribution in [-0.2, 0) is 0 Å². The molecule has 0 saturated carbocycles. The van der Waals surface area contributed by atoms with Crippen LogP contribution in [0.25, 0.3) is 0 Å². The van der Waals surface area contributed by atoms with Crippen molar-refractivity contribution < 1.29 is 4.79 Å². The summed E-state index contributed by atoms with van der Waals surface area (Å²) in [6.07, 6.45) is 1.72. The van der Waals surface area contributed by atoms with Crippen LogP contribution in [-0.4, -0.2) is 33.2 Å². The molecule has 2 heterocycles. The Labute approximate surface area is 112 Å². The van der Waals surface area contributed by atoms with E-state index >= 15 is 0 Å². The number of nitrogens with one attached hydrogen (secondary N) is 4. The highest BCUT2D eigenvalue weighted by Crippen LogP contribution is 2.28. The summed E-state index contributed by atoms with van der Waals surface area (Å²) in [4.78, 5) is 23.0. The molecule has 0 unspecified atom stereocenters. The molecule has 0 aromatic carbocycles. The Hall–Kier alpha value is -1.56. The fourth-order valence-corrected chi connectivity index (χ4v) is 3.14. The quantitative estimate of drug-likeness (QED) is 0.636. The highest BCUT2D eigenvalue weighted by molar-refractivity contribution is 5.92. The first-order chi connectivity index (χ1) is 8.67. The number of carbonyl (C=O) groups is 1. The zero-order chi connectivity index (χ0) is 14.3. The van der Waals surface area contributed by atoms with Gasteiger partial charge in [-0.3, -0.25) is 19.8 Å². The molecule has 1 fully saturated rings. The second-order valence-corrected chi connectivity index (χ2v) is 6.64. The molecule has 1 aromatic rings. The summed E-state index contributed by atoms with van der Waals surface area (Å²) in [7, 11) is 0. The summed E-state index contributed by atoms with van der Waals surface area (Å²) < 4.78 is 0. The summed E-state index contributed by atoms with van der Waals surface area (Å²) in [5, 5.41) is 11.5. The normalized spacial score (nSPS) is 22.1. The Balaban J connectivity index is 2.06. The van der Waals surface area contributed by atoms with E-state index in [4.69, 9.17) is 0 Å². The van der Waals surface area contributed by atoms with E-state index in [1.165, 1.54) is 6.07 Å². The van der Waals surface area contributed by atoms with Gasteiger partial charge < -0.3 is 10.6 Å². The summed E-state index contributed by atoms with van der Waals surface area (Å²) in [5.41, 5.74) is -0.0634. The molecule has 1 aliphatic heterocycles. The number of piperidine rings is 1. The van der Waals surface area contributed by atoms with Gasteiger partial charge in [0.2, 0.25) is 0 Å². The van der Waals surface area contributed by atoms with Crippen LogP contribution in [0.1, 0.15) is 51.0 Å². The van der Waals surface area contributed by atoms with Crippen molar-refractivity contribution in [2.24, 2.45) is 0 Å². The second kappa shape index (κ2) is 4.52. The highest BCUT2D eigenvalue weighted by Gasteiger charge is 2.38. The maximum atomic E-state index is 12.0. The van der Waals surface area contributed by atoms with Crippen LogP contribution in [0.2, 0.25) is 0 Å². The van der Waals surface area contributed by atoms with Gasteiger partial charge in [0.05, 0.1) is 0 Å². The standard InChI is InChI=1S/C13H22N4O2/c1-12(2)6-8(7-13(3,4)17-12)14-11(19)9-5-10(18)16-15-9/h5,8,17H,6-7H2,1-4H3,(H,14,19)(H2,15,16,18). The molecule has 1 aromatic heterocycles. The predicted molar refractivity (Wildman–Crippen MR) is 73.2 cm³/mol. The Kier molecular flexibility index (Phi) is 3.30. The monoisotopic (exact) mass is 266 g/mol. The largest absolute Gasteiger partial charge is 0.348 e. The maximum absolute atomic E-state index is 12.0. The summed E-state index contributed by atoms with van der Waals surface area (Å²) >= 11 is 0. The van der Waals surface area contributed by atoms with Crippen molar-refractivity contribution in [3.8, 4) is 0 Å². The first kappa shape index (κ1) is 13.9. The molecule has 0 spiro atoms. The fraction of sp³-hybridized carbons (Fsp3) is 0.692. The van der Waals surface area contributed by atoms with Crippen molar-refractivity contribution in [1.29, 1.82) is 0 Å². The first-order valence-corrected chi connectivity index (χ1v) is 6.55. The van der Waals surface area contributed by atoms with Gasteiger partial charge in [0.25, 0.3) is 11.5 Å². The van der Waals surface area contributed by atoms with Crippen LogP contribution < -0.4 is 16.2 Å². The number of aromatic amines is 2. The topological polar surface area (TPSA) is 89.8 Å². The van der Waals surface area contributed by atoms with Crippen LogP contribution in [0.4, 0.5) is 0 Å². The van der Waals surface area contributed by atoms with Gasteiger partial charge >= 0.3 is 0 Å². The number of hydrogen-bond donors (Lipinski definition) is 4. The zero-order valence-electron chi connectivity index (χ0n) is 11.9. The minimum Gasteiger partial charge on any atom is -0.348 e. The third-order valence-electron chi connectivity index (χ3n) is 3.37. The molecule has 106 valence electrons. The predicted octanol–water partition coefficient (Wildman–Crippen LogP) is 0.742. The number of amides is 1. The van der Waals surface area contributed by atoms with Gasteiger partial charge in [-0.15, -0.1) is 0 Å². The number of hydrogen-bond acceptors (Lipinski definition) is 3. The molecule has 0 atom stereocenters. The second-order valence-electron chi connectivity index (χ2n) is 6.64. The molecule has 2 rings (SSSR count). The van der Waals surface area contributed by atoms with E-state index in [1.54, 1.807) is 0 Å². The van der Waals surface area contributed by atoms with Crippen molar-refractivity contribution in [2.45, 2.75) is 57.7 Å². The average Bonchev–Trinajstić information content (AvgIpc) is 2.59. The van der Waals surface area contributed by atoms with E-state index in [9.17, 15) is 9.59 Å². The Morgan fingerprint density at radius 1 is 1.21 bits per heavy atom. The van der Waals surface area contributed by atoms with Crippen molar-refractivity contribution in [3.05, 3.63) is 22.1 Å². The molecule has 19 heavy (non-hydrogen) atoms. The summed E-state index contributed by atoms with van der Waals surface area (Å²) in [6.45, 7) is 8.52. The Morgan fingerprint density at radius 2 is 1.79 bits per heavy atom. The lowest BCUT2D eigenvalue weighted by Crippen LogP contribution is -2.62. The highest BCUT2D eigenvalue weighted by atomic mass is 16.2. The number of aromatic nitrogens is 2. The third-order valence-corrected chi connectivity index (χ3v) is 3.37. The van der Waals surface area contributed by atoms with Crippen molar-refractivity contribution in [3.63, 3.8) is 0 Å². The van der Waals surface area contributed by atoms with E-state index in [0.717, 1.165) is 12.8 Å². The van der Waals surface area contributed by atoms with Gasteiger partial charge in [-0.2, -0.15) is 0 Å². The van der Waals surface area contributed by atoms with Gasteiger partial charge in [-0.05, 0) is 40.5 Å². The lowest BCUT2D eigenvalue weighted by atomic mass is 9.79. The van der Waals surface area contributed by atoms with E-state index < -0.39 is 0 Å². The van der Waals surface area contributed by atoms with Crippen LogP contribution >= 0.6 is 0 Å². The fourth-order valence-electron chi connectivity index (χ4n) is 3.14. The smallest absolute Gasteiger partial charge is 0.269 e. The maximum Gasteiger partial charge on any atom is 0.269 e. The van der Waals surface area contributed by atoms with Crippen molar-refractivity contribution >= 4 is 5.91 Å².